The Hall–Kier alpha value is -3.43. The molecule has 3 aromatic rings. The Kier molecular flexibility index (Phi) is 5.88. The fourth-order valence-corrected chi connectivity index (χ4v) is 3.73. The predicted octanol–water partition coefficient (Wildman–Crippen LogP) is 4.36. The van der Waals surface area contributed by atoms with Gasteiger partial charge in [0.1, 0.15) is 12.5 Å². The van der Waals surface area contributed by atoms with E-state index in [1.807, 2.05) is 6.92 Å². The van der Waals surface area contributed by atoms with Crippen molar-refractivity contribution in [1.29, 1.82) is 0 Å². The van der Waals surface area contributed by atoms with Crippen LogP contribution in [0, 0.1) is 12.8 Å². The van der Waals surface area contributed by atoms with Gasteiger partial charge in [0, 0.05) is 29.6 Å². The minimum atomic E-state index is -2.85. The molecule has 0 aromatic carbocycles. The van der Waals surface area contributed by atoms with Crippen LogP contribution in [0.25, 0.3) is 11.5 Å². The number of nitrogens with zero attached hydrogens (tertiary/aromatic N) is 4. The van der Waals surface area contributed by atoms with Crippen molar-refractivity contribution >= 4 is 17.9 Å². The number of halogens is 2. The van der Waals surface area contributed by atoms with Gasteiger partial charge in [-0.1, -0.05) is 0 Å². The summed E-state index contributed by atoms with van der Waals surface area (Å²) in [5.41, 5.74) is 0.807. The maximum Gasteiger partial charge on any atom is 0.284 e. The molecule has 4 rings (SSSR count). The largest absolute Gasteiger partial charge is 0.444 e. The van der Waals surface area contributed by atoms with E-state index in [0.29, 0.717) is 31.2 Å². The van der Waals surface area contributed by atoms with Gasteiger partial charge in [0.15, 0.2) is 11.4 Å². The molecular formula is C21H21F2N5O3. The molecule has 1 aliphatic carbocycles. The van der Waals surface area contributed by atoms with Crippen LogP contribution in [-0.2, 0) is 4.79 Å². The molecule has 1 fully saturated rings. The molecule has 3 aromatic heterocycles. The highest BCUT2D eigenvalue weighted by Crippen LogP contribution is 2.34. The lowest BCUT2D eigenvalue weighted by Crippen LogP contribution is -2.19. The van der Waals surface area contributed by atoms with Crippen molar-refractivity contribution in [1.82, 2.24) is 19.7 Å². The lowest BCUT2D eigenvalue weighted by Gasteiger charge is -2.25. The zero-order valence-electron chi connectivity index (χ0n) is 16.8. The number of aldehydes is 1. The third-order valence-corrected chi connectivity index (χ3v) is 5.40. The summed E-state index contributed by atoms with van der Waals surface area (Å²) in [6, 6.07) is 3.36. The SMILES string of the molecule is Cc1cc(-c2nc(C(=O)Nc3cn(C4CCC(C=O)CC4)nc3C(F)F)co2)ccn1. The molecule has 31 heavy (non-hydrogen) atoms. The summed E-state index contributed by atoms with van der Waals surface area (Å²) in [6.07, 6.45) is 4.99. The van der Waals surface area contributed by atoms with Gasteiger partial charge in [-0.2, -0.15) is 5.10 Å². The Morgan fingerprint density at radius 3 is 2.77 bits per heavy atom. The average Bonchev–Trinajstić information content (AvgIpc) is 3.42. The number of aromatic nitrogens is 4. The van der Waals surface area contributed by atoms with E-state index < -0.39 is 18.0 Å². The van der Waals surface area contributed by atoms with Gasteiger partial charge in [-0.15, -0.1) is 0 Å². The summed E-state index contributed by atoms with van der Waals surface area (Å²) in [4.78, 5) is 31.8. The molecule has 0 spiro atoms. The van der Waals surface area contributed by atoms with Crippen LogP contribution in [0.2, 0.25) is 0 Å². The molecule has 0 atom stereocenters. The Labute approximate surface area is 176 Å². The molecule has 1 N–H and O–H groups in total. The first-order valence-corrected chi connectivity index (χ1v) is 9.97. The first-order valence-electron chi connectivity index (χ1n) is 9.97. The number of anilines is 1. The van der Waals surface area contributed by atoms with E-state index in [9.17, 15) is 18.4 Å². The zero-order valence-corrected chi connectivity index (χ0v) is 16.8. The zero-order chi connectivity index (χ0) is 22.0. The highest BCUT2D eigenvalue weighted by Gasteiger charge is 2.27. The van der Waals surface area contributed by atoms with E-state index in [1.165, 1.54) is 17.1 Å². The quantitative estimate of drug-likeness (QED) is 0.584. The van der Waals surface area contributed by atoms with Gasteiger partial charge in [0.25, 0.3) is 12.3 Å². The van der Waals surface area contributed by atoms with Crippen molar-refractivity contribution in [3.63, 3.8) is 0 Å². The van der Waals surface area contributed by atoms with Crippen LogP contribution in [0.3, 0.4) is 0 Å². The minimum Gasteiger partial charge on any atom is -0.444 e. The molecule has 0 bridgehead atoms. The number of amides is 1. The molecule has 0 aliphatic heterocycles. The van der Waals surface area contributed by atoms with Crippen LogP contribution < -0.4 is 5.32 Å². The van der Waals surface area contributed by atoms with Crippen LogP contribution in [0.5, 0.6) is 0 Å². The molecule has 1 saturated carbocycles. The Balaban J connectivity index is 1.51. The molecule has 8 nitrogen and oxygen atoms in total. The minimum absolute atomic E-state index is 0.00565. The molecule has 0 saturated heterocycles. The van der Waals surface area contributed by atoms with Crippen LogP contribution in [-0.4, -0.2) is 31.9 Å². The summed E-state index contributed by atoms with van der Waals surface area (Å²) < 4.78 is 33.9. The number of nitrogens with one attached hydrogen (secondary N) is 1. The summed E-state index contributed by atoms with van der Waals surface area (Å²) in [5, 5.41) is 6.48. The second-order valence-corrected chi connectivity index (χ2v) is 7.59. The molecule has 1 aliphatic rings. The fraction of sp³-hybridized carbons (Fsp3) is 0.381. The first kappa shape index (κ1) is 20.8. The van der Waals surface area contributed by atoms with E-state index in [1.54, 1.807) is 18.3 Å². The predicted molar refractivity (Wildman–Crippen MR) is 107 cm³/mol. The van der Waals surface area contributed by atoms with Crippen molar-refractivity contribution in [2.45, 2.75) is 45.1 Å². The highest BCUT2D eigenvalue weighted by atomic mass is 19.3. The third-order valence-electron chi connectivity index (χ3n) is 5.40. The van der Waals surface area contributed by atoms with Gasteiger partial charge in [-0.25, -0.2) is 13.8 Å². The van der Waals surface area contributed by atoms with Crippen molar-refractivity contribution in [3.05, 3.63) is 47.9 Å². The summed E-state index contributed by atoms with van der Waals surface area (Å²) in [6.45, 7) is 1.81. The van der Waals surface area contributed by atoms with Crippen LogP contribution in [0.4, 0.5) is 14.5 Å². The summed E-state index contributed by atoms with van der Waals surface area (Å²) in [7, 11) is 0. The summed E-state index contributed by atoms with van der Waals surface area (Å²) >= 11 is 0. The standard InChI is InChI=1S/C21H21F2N5O3/c1-12-8-14(6-7-24-12)21-26-17(11-31-21)20(30)25-16-9-28(27-18(16)19(22)23)15-4-2-13(10-29)3-5-15/h6-11,13,15,19H,2-5H2,1H3,(H,25,30). The van der Waals surface area contributed by atoms with E-state index in [-0.39, 0.29) is 29.2 Å². The molecule has 162 valence electrons. The second-order valence-electron chi connectivity index (χ2n) is 7.59. The van der Waals surface area contributed by atoms with Gasteiger partial charge in [-0.3, -0.25) is 14.5 Å². The topological polar surface area (TPSA) is 103 Å². The van der Waals surface area contributed by atoms with Gasteiger partial charge in [0.2, 0.25) is 5.89 Å². The van der Waals surface area contributed by atoms with Gasteiger partial charge in [-0.05, 0) is 44.7 Å². The maximum atomic E-state index is 13.5. The molecule has 1 amide bonds. The number of oxazole rings is 1. The number of pyridine rings is 1. The maximum absolute atomic E-state index is 13.5. The molecule has 3 heterocycles. The van der Waals surface area contributed by atoms with E-state index >= 15 is 0 Å². The number of alkyl halides is 2. The van der Waals surface area contributed by atoms with Crippen molar-refractivity contribution in [3.8, 4) is 11.5 Å². The monoisotopic (exact) mass is 429 g/mol. The lowest BCUT2D eigenvalue weighted by molar-refractivity contribution is -0.112. The Morgan fingerprint density at radius 1 is 1.32 bits per heavy atom. The first-order chi connectivity index (χ1) is 14.9. The van der Waals surface area contributed by atoms with Crippen LogP contribution >= 0.6 is 0 Å². The highest BCUT2D eigenvalue weighted by molar-refractivity contribution is 6.03. The van der Waals surface area contributed by atoms with Gasteiger partial charge < -0.3 is 14.5 Å². The number of hydrogen-bond donors (Lipinski definition) is 1. The van der Waals surface area contributed by atoms with Crippen LogP contribution in [0.15, 0.2) is 35.2 Å². The Morgan fingerprint density at radius 2 is 2.10 bits per heavy atom. The van der Waals surface area contributed by atoms with E-state index in [2.05, 4.69) is 20.4 Å². The number of carbonyl (C=O) groups excluding carboxylic acids is 2. The average molecular weight is 429 g/mol. The van der Waals surface area contributed by atoms with Crippen LogP contribution in [0.1, 0.15) is 60.0 Å². The number of carbonyl (C=O) groups is 2. The number of aryl methyl sites for hydroxylation is 1. The molecule has 0 radical (unpaired) electrons. The van der Waals surface area contributed by atoms with Crippen molar-refractivity contribution in [2.75, 3.05) is 5.32 Å². The molecule has 0 unspecified atom stereocenters. The van der Waals surface area contributed by atoms with Gasteiger partial charge >= 0.3 is 0 Å². The van der Waals surface area contributed by atoms with Crippen molar-refractivity contribution < 1.29 is 22.8 Å². The lowest BCUT2D eigenvalue weighted by atomic mass is 9.87. The second kappa shape index (κ2) is 8.75. The normalized spacial score (nSPS) is 18.8. The van der Waals surface area contributed by atoms with Crippen molar-refractivity contribution in [2.24, 2.45) is 5.92 Å². The molecule has 10 heteroatoms. The Bertz CT molecular complexity index is 1090. The number of hydrogen-bond acceptors (Lipinski definition) is 6. The molecular weight excluding hydrogens is 408 g/mol. The third kappa shape index (κ3) is 4.52. The van der Waals surface area contributed by atoms with E-state index in [4.69, 9.17) is 4.42 Å². The summed E-state index contributed by atoms with van der Waals surface area (Å²) in [5.74, 6) is -0.439. The van der Waals surface area contributed by atoms with E-state index in [0.717, 1.165) is 12.0 Å². The fourth-order valence-electron chi connectivity index (χ4n) is 3.73. The smallest absolute Gasteiger partial charge is 0.284 e. The number of rotatable bonds is 6. The van der Waals surface area contributed by atoms with Gasteiger partial charge in [0.05, 0.1) is 11.7 Å².